The van der Waals surface area contributed by atoms with E-state index in [1.807, 2.05) is 11.0 Å². The molecule has 0 unspecified atom stereocenters. The van der Waals surface area contributed by atoms with Crippen molar-refractivity contribution in [2.24, 2.45) is 0 Å². The van der Waals surface area contributed by atoms with Gasteiger partial charge in [-0.25, -0.2) is 4.39 Å². The summed E-state index contributed by atoms with van der Waals surface area (Å²) in [6, 6.07) is 6.18. The first-order chi connectivity index (χ1) is 8.19. The highest BCUT2D eigenvalue weighted by Gasteiger charge is 2.18. The Balaban J connectivity index is 2.15. The minimum Gasteiger partial charge on any atom is -0.298 e. The number of ketones is 1. The van der Waals surface area contributed by atoms with Crippen LogP contribution in [0.2, 0.25) is 0 Å². The van der Waals surface area contributed by atoms with Crippen LogP contribution in [0.15, 0.2) is 18.2 Å². The van der Waals surface area contributed by atoms with Gasteiger partial charge in [-0.1, -0.05) is 0 Å². The lowest BCUT2D eigenvalue weighted by Gasteiger charge is -2.25. The molecular formula is C13H13FN2O. The van der Waals surface area contributed by atoms with Gasteiger partial charge in [0.2, 0.25) is 0 Å². The second-order valence-electron chi connectivity index (χ2n) is 4.27. The van der Waals surface area contributed by atoms with Gasteiger partial charge in [-0.15, -0.1) is 0 Å². The van der Waals surface area contributed by atoms with Crippen molar-refractivity contribution in [3.8, 4) is 6.07 Å². The molecule has 1 heterocycles. The third kappa shape index (κ3) is 2.89. The maximum atomic E-state index is 13.1. The van der Waals surface area contributed by atoms with E-state index >= 15 is 0 Å². The Hall–Kier alpha value is -1.73. The Morgan fingerprint density at radius 2 is 2.29 bits per heavy atom. The fourth-order valence-electron chi connectivity index (χ4n) is 2.09. The van der Waals surface area contributed by atoms with Crippen LogP contribution in [-0.4, -0.2) is 23.8 Å². The van der Waals surface area contributed by atoms with Crippen molar-refractivity contribution >= 4 is 5.78 Å². The molecule has 0 saturated carbocycles. The number of carbonyl (C=O) groups excluding carboxylic acids is 1. The molecule has 4 heteroatoms. The molecule has 1 aromatic carbocycles. The molecule has 17 heavy (non-hydrogen) atoms. The minimum atomic E-state index is -0.345. The molecular weight excluding hydrogens is 219 g/mol. The van der Waals surface area contributed by atoms with Crippen LogP contribution in [0.4, 0.5) is 4.39 Å². The lowest BCUT2D eigenvalue weighted by atomic mass is 10.1. The average molecular weight is 232 g/mol. The summed E-state index contributed by atoms with van der Waals surface area (Å²) in [5.41, 5.74) is 1.13. The van der Waals surface area contributed by atoms with Crippen LogP contribution in [0.5, 0.6) is 0 Å². The number of piperidine rings is 1. The van der Waals surface area contributed by atoms with Crippen molar-refractivity contribution in [2.75, 3.05) is 13.1 Å². The van der Waals surface area contributed by atoms with Crippen molar-refractivity contribution in [3.05, 3.63) is 35.1 Å². The summed E-state index contributed by atoms with van der Waals surface area (Å²) >= 11 is 0. The molecule has 0 N–H and O–H groups in total. The van der Waals surface area contributed by atoms with E-state index < -0.39 is 0 Å². The van der Waals surface area contributed by atoms with Crippen LogP contribution in [0, 0.1) is 17.1 Å². The fourth-order valence-corrected chi connectivity index (χ4v) is 2.09. The fraction of sp³-hybridized carbons (Fsp3) is 0.385. The third-order valence-corrected chi connectivity index (χ3v) is 2.91. The number of hydrogen-bond donors (Lipinski definition) is 0. The van der Waals surface area contributed by atoms with E-state index in [9.17, 15) is 9.18 Å². The first-order valence-electron chi connectivity index (χ1n) is 5.61. The van der Waals surface area contributed by atoms with E-state index in [-0.39, 0.29) is 11.6 Å². The van der Waals surface area contributed by atoms with Gasteiger partial charge in [0.05, 0.1) is 18.2 Å². The molecule has 0 atom stereocenters. The Morgan fingerprint density at radius 1 is 1.47 bits per heavy atom. The van der Waals surface area contributed by atoms with E-state index in [1.54, 1.807) is 0 Å². The molecule has 1 aromatic rings. The first-order valence-corrected chi connectivity index (χ1v) is 5.61. The molecule has 1 saturated heterocycles. The van der Waals surface area contributed by atoms with Gasteiger partial charge in [0.1, 0.15) is 11.6 Å². The van der Waals surface area contributed by atoms with E-state index in [2.05, 4.69) is 0 Å². The topological polar surface area (TPSA) is 44.1 Å². The van der Waals surface area contributed by atoms with Gasteiger partial charge >= 0.3 is 0 Å². The number of rotatable bonds is 2. The molecule has 0 radical (unpaired) electrons. The summed E-state index contributed by atoms with van der Waals surface area (Å²) in [4.78, 5) is 13.3. The SMILES string of the molecule is N#Cc1ccc(F)cc1CN1CCCC(=O)C1. The van der Waals surface area contributed by atoms with Gasteiger partial charge < -0.3 is 0 Å². The highest BCUT2D eigenvalue weighted by molar-refractivity contribution is 5.81. The molecule has 0 bridgehead atoms. The van der Waals surface area contributed by atoms with Crippen LogP contribution in [0.25, 0.3) is 0 Å². The van der Waals surface area contributed by atoms with Crippen molar-refractivity contribution < 1.29 is 9.18 Å². The second-order valence-corrected chi connectivity index (χ2v) is 4.27. The van der Waals surface area contributed by atoms with Crippen LogP contribution in [0.3, 0.4) is 0 Å². The van der Waals surface area contributed by atoms with E-state index in [4.69, 9.17) is 5.26 Å². The Bertz CT molecular complexity index is 479. The molecule has 1 fully saturated rings. The average Bonchev–Trinajstić information content (AvgIpc) is 2.29. The third-order valence-electron chi connectivity index (χ3n) is 2.91. The maximum Gasteiger partial charge on any atom is 0.146 e. The van der Waals surface area contributed by atoms with Crippen molar-refractivity contribution in [1.82, 2.24) is 4.90 Å². The Morgan fingerprint density at radius 3 is 3.00 bits per heavy atom. The Labute approximate surface area is 99.5 Å². The van der Waals surface area contributed by atoms with Crippen LogP contribution in [0.1, 0.15) is 24.0 Å². The second kappa shape index (κ2) is 5.07. The lowest BCUT2D eigenvalue weighted by Crippen LogP contribution is -2.35. The summed E-state index contributed by atoms with van der Waals surface area (Å²) in [7, 11) is 0. The van der Waals surface area contributed by atoms with Crippen molar-refractivity contribution in [2.45, 2.75) is 19.4 Å². The molecule has 0 aliphatic carbocycles. The van der Waals surface area contributed by atoms with E-state index in [0.29, 0.717) is 30.6 Å². The predicted octanol–water partition coefficient (Wildman–Crippen LogP) is 1.86. The number of Topliss-reactive ketones (excluding diaryl/α,β-unsaturated/α-hetero) is 1. The molecule has 3 nitrogen and oxygen atoms in total. The van der Waals surface area contributed by atoms with Crippen molar-refractivity contribution in [1.29, 1.82) is 5.26 Å². The summed E-state index contributed by atoms with van der Waals surface area (Å²) in [5, 5.41) is 8.93. The van der Waals surface area contributed by atoms with Crippen molar-refractivity contribution in [3.63, 3.8) is 0 Å². The zero-order valence-electron chi connectivity index (χ0n) is 9.45. The van der Waals surface area contributed by atoms with E-state index in [1.165, 1.54) is 18.2 Å². The number of halogens is 1. The summed E-state index contributed by atoms with van der Waals surface area (Å²) in [6.45, 7) is 1.70. The van der Waals surface area contributed by atoms with Gasteiger partial charge in [0.25, 0.3) is 0 Å². The zero-order chi connectivity index (χ0) is 12.3. The summed E-state index contributed by atoms with van der Waals surface area (Å²) in [6.07, 6.45) is 1.47. The maximum absolute atomic E-state index is 13.1. The molecule has 0 spiro atoms. The van der Waals surface area contributed by atoms with E-state index in [0.717, 1.165) is 13.0 Å². The quantitative estimate of drug-likeness (QED) is 0.781. The number of hydrogen-bond acceptors (Lipinski definition) is 3. The monoisotopic (exact) mass is 232 g/mol. The van der Waals surface area contributed by atoms with Gasteiger partial charge in [-0.2, -0.15) is 5.26 Å². The number of nitrogens with zero attached hydrogens (tertiary/aromatic N) is 2. The molecule has 0 amide bonds. The number of benzene rings is 1. The lowest BCUT2D eigenvalue weighted by molar-refractivity contribution is -0.122. The van der Waals surface area contributed by atoms with Crippen LogP contribution >= 0.6 is 0 Å². The normalized spacial score (nSPS) is 16.8. The molecule has 2 rings (SSSR count). The smallest absolute Gasteiger partial charge is 0.146 e. The number of likely N-dealkylation sites (tertiary alicyclic amines) is 1. The standard InChI is InChI=1S/C13H13FN2O/c14-12-4-3-10(7-15)11(6-12)8-16-5-1-2-13(17)9-16/h3-4,6H,1-2,5,8-9H2. The summed E-state index contributed by atoms with van der Waals surface area (Å²) < 4.78 is 13.1. The highest BCUT2D eigenvalue weighted by atomic mass is 19.1. The highest BCUT2D eigenvalue weighted by Crippen LogP contribution is 2.15. The van der Waals surface area contributed by atoms with Gasteiger partial charge in [-0.3, -0.25) is 9.69 Å². The van der Waals surface area contributed by atoms with Gasteiger partial charge in [-0.05, 0) is 36.7 Å². The molecule has 1 aliphatic rings. The molecule has 1 aliphatic heterocycles. The minimum absolute atomic E-state index is 0.214. The molecule has 88 valence electrons. The first kappa shape index (κ1) is 11.7. The van der Waals surface area contributed by atoms with Gasteiger partial charge in [0.15, 0.2) is 0 Å². The molecule has 0 aromatic heterocycles. The largest absolute Gasteiger partial charge is 0.298 e. The zero-order valence-corrected chi connectivity index (χ0v) is 9.45. The van der Waals surface area contributed by atoms with Gasteiger partial charge in [0, 0.05) is 13.0 Å². The number of nitriles is 1. The van der Waals surface area contributed by atoms with Crippen LogP contribution < -0.4 is 0 Å². The van der Waals surface area contributed by atoms with Crippen LogP contribution in [-0.2, 0) is 11.3 Å². The Kier molecular flexibility index (Phi) is 3.50. The number of carbonyl (C=O) groups is 1. The predicted molar refractivity (Wildman–Crippen MR) is 60.6 cm³/mol. The summed E-state index contributed by atoms with van der Waals surface area (Å²) in [5.74, 6) is -0.131.